The minimum Gasteiger partial charge on any atom is -0.480 e. The van der Waals surface area contributed by atoms with Gasteiger partial charge in [0, 0.05) is 11.1 Å². The summed E-state index contributed by atoms with van der Waals surface area (Å²) in [6.45, 7) is 1.63. The lowest BCUT2D eigenvalue weighted by Crippen LogP contribution is -2.32. The Kier molecular flexibility index (Phi) is 7.54. The highest BCUT2D eigenvalue weighted by atomic mass is 16.4. The summed E-state index contributed by atoms with van der Waals surface area (Å²) >= 11 is 0. The van der Waals surface area contributed by atoms with Gasteiger partial charge >= 0.3 is 11.9 Å². The topological polar surface area (TPSA) is 113 Å². The van der Waals surface area contributed by atoms with Crippen LogP contribution in [0.3, 0.4) is 0 Å². The molecular formula is C22H24N2O4. The Morgan fingerprint density at radius 2 is 1.50 bits per heavy atom. The second kappa shape index (κ2) is 10.1. The van der Waals surface area contributed by atoms with E-state index in [9.17, 15) is 9.59 Å². The molecule has 0 spiro atoms. The van der Waals surface area contributed by atoms with Crippen LogP contribution in [0.4, 0.5) is 5.69 Å². The lowest BCUT2D eigenvalue weighted by Gasteiger charge is -2.12. The van der Waals surface area contributed by atoms with Gasteiger partial charge < -0.3 is 21.3 Å². The van der Waals surface area contributed by atoms with E-state index in [2.05, 4.69) is 5.32 Å². The molecule has 0 fully saturated rings. The van der Waals surface area contributed by atoms with Crippen molar-refractivity contribution in [3.63, 3.8) is 0 Å². The normalized spacial score (nSPS) is 12.4. The minimum atomic E-state index is -0.959. The SMILES string of the molecule is C[C@H](Nc1cccc2ccccc12)C(=O)O.N[C@@H](Cc1ccccc1)C(=O)O. The van der Waals surface area contributed by atoms with Crippen molar-refractivity contribution in [3.8, 4) is 0 Å². The highest BCUT2D eigenvalue weighted by Gasteiger charge is 2.11. The molecule has 3 rings (SSSR count). The molecule has 0 bridgehead atoms. The number of carboxylic acid groups (broad SMARTS) is 2. The van der Waals surface area contributed by atoms with Gasteiger partial charge in [0.05, 0.1) is 0 Å². The number of hydrogen-bond donors (Lipinski definition) is 4. The van der Waals surface area contributed by atoms with Crippen molar-refractivity contribution >= 4 is 28.4 Å². The zero-order valence-electron chi connectivity index (χ0n) is 15.6. The fraction of sp³-hybridized carbons (Fsp3) is 0.182. The van der Waals surface area contributed by atoms with Crippen LogP contribution in [-0.4, -0.2) is 34.2 Å². The highest BCUT2D eigenvalue weighted by Crippen LogP contribution is 2.23. The van der Waals surface area contributed by atoms with Crippen molar-refractivity contribution in [2.75, 3.05) is 5.32 Å². The van der Waals surface area contributed by atoms with E-state index in [0.717, 1.165) is 22.0 Å². The first kappa shape index (κ1) is 20.9. The number of rotatable bonds is 6. The number of carbonyl (C=O) groups is 2. The molecule has 0 radical (unpaired) electrons. The Hall–Kier alpha value is -3.38. The molecule has 146 valence electrons. The van der Waals surface area contributed by atoms with Gasteiger partial charge in [-0.3, -0.25) is 9.59 Å². The van der Waals surface area contributed by atoms with Crippen molar-refractivity contribution < 1.29 is 19.8 Å². The molecule has 0 amide bonds. The first-order valence-corrected chi connectivity index (χ1v) is 8.88. The van der Waals surface area contributed by atoms with Crippen LogP contribution < -0.4 is 11.1 Å². The zero-order valence-corrected chi connectivity index (χ0v) is 15.6. The summed E-state index contributed by atoms with van der Waals surface area (Å²) in [6, 6.07) is 21.7. The maximum absolute atomic E-state index is 10.8. The van der Waals surface area contributed by atoms with Gasteiger partial charge in [-0.2, -0.15) is 0 Å². The Bertz CT molecular complexity index is 923. The second-order valence-corrected chi connectivity index (χ2v) is 6.37. The van der Waals surface area contributed by atoms with Crippen LogP contribution in [0.2, 0.25) is 0 Å². The summed E-state index contributed by atoms with van der Waals surface area (Å²) in [7, 11) is 0. The Labute approximate surface area is 163 Å². The van der Waals surface area contributed by atoms with E-state index < -0.39 is 24.0 Å². The maximum Gasteiger partial charge on any atom is 0.325 e. The van der Waals surface area contributed by atoms with Crippen molar-refractivity contribution in [2.24, 2.45) is 5.73 Å². The quantitative estimate of drug-likeness (QED) is 0.522. The first-order valence-electron chi connectivity index (χ1n) is 8.88. The van der Waals surface area contributed by atoms with Crippen molar-refractivity contribution in [1.82, 2.24) is 0 Å². The van der Waals surface area contributed by atoms with Crippen LogP contribution in [0, 0.1) is 0 Å². The summed E-state index contributed by atoms with van der Waals surface area (Å²) in [5, 5.41) is 22.5. The molecule has 6 heteroatoms. The molecule has 0 unspecified atom stereocenters. The average Bonchev–Trinajstić information content (AvgIpc) is 2.69. The summed E-state index contributed by atoms with van der Waals surface area (Å²) in [6.07, 6.45) is 0.385. The van der Waals surface area contributed by atoms with E-state index in [-0.39, 0.29) is 0 Å². The third-order valence-electron chi connectivity index (χ3n) is 4.15. The summed E-state index contributed by atoms with van der Waals surface area (Å²) < 4.78 is 0. The van der Waals surface area contributed by atoms with Crippen LogP contribution >= 0.6 is 0 Å². The minimum absolute atomic E-state index is 0.385. The average molecular weight is 380 g/mol. The zero-order chi connectivity index (χ0) is 20.5. The maximum atomic E-state index is 10.8. The van der Waals surface area contributed by atoms with Gasteiger partial charge in [0.25, 0.3) is 0 Å². The van der Waals surface area contributed by atoms with Crippen LogP contribution in [0.25, 0.3) is 10.8 Å². The van der Waals surface area contributed by atoms with Crippen LogP contribution in [-0.2, 0) is 16.0 Å². The molecule has 5 N–H and O–H groups in total. The summed E-state index contributed by atoms with van der Waals surface area (Å²) in [5.74, 6) is -1.81. The molecule has 2 atom stereocenters. The molecule has 0 heterocycles. The number of hydrogen-bond acceptors (Lipinski definition) is 4. The van der Waals surface area contributed by atoms with Gasteiger partial charge in [0.1, 0.15) is 12.1 Å². The molecule has 28 heavy (non-hydrogen) atoms. The number of nitrogens with two attached hydrogens (primary N) is 1. The standard InChI is InChI=1S/C13H13NO2.C9H11NO2/c1-9(13(15)16)14-12-8-4-6-10-5-2-3-7-11(10)12;10-8(9(11)12)6-7-4-2-1-3-5-7/h2-9,14H,1H3,(H,15,16);1-5,8H,6,10H2,(H,11,12)/t9-;8-/m00/s1. The number of anilines is 1. The number of aliphatic carboxylic acids is 2. The molecule has 0 aromatic heterocycles. The monoisotopic (exact) mass is 380 g/mol. The van der Waals surface area contributed by atoms with E-state index in [1.165, 1.54) is 0 Å². The predicted molar refractivity (Wildman–Crippen MR) is 110 cm³/mol. The van der Waals surface area contributed by atoms with Gasteiger partial charge in [-0.1, -0.05) is 66.7 Å². The molecule has 6 nitrogen and oxygen atoms in total. The highest BCUT2D eigenvalue weighted by molar-refractivity contribution is 5.95. The Morgan fingerprint density at radius 1 is 0.893 bits per heavy atom. The van der Waals surface area contributed by atoms with Gasteiger partial charge in [-0.25, -0.2) is 0 Å². The van der Waals surface area contributed by atoms with Crippen molar-refractivity contribution in [2.45, 2.75) is 25.4 Å². The molecule has 0 aliphatic heterocycles. The largest absolute Gasteiger partial charge is 0.480 e. The van der Waals surface area contributed by atoms with Crippen molar-refractivity contribution in [3.05, 3.63) is 78.4 Å². The predicted octanol–water partition coefficient (Wildman–Crippen LogP) is 3.37. The Balaban J connectivity index is 0.000000209. The fourth-order valence-electron chi connectivity index (χ4n) is 2.60. The molecular weight excluding hydrogens is 356 g/mol. The van der Waals surface area contributed by atoms with E-state index in [4.69, 9.17) is 15.9 Å². The molecule has 3 aromatic carbocycles. The van der Waals surface area contributed by atoms with Crippen LogP contribution in [0.1, 0.15) is 12.5 Å². The molecule has 0 aliphatic rings. The van der Waals surface area contributed by atoms with Gasteiger partial charge in [0.2, 0.25) is 0 Å². The molecule has 3 aromatic rings. The third kappa shape index (κ3) is 6.10. The van der Waals surface area contributed by atoms with E-state index in [1.54, 1.807) is 6.92 Å². The Morgan fingerprint density at radius 3 is 2.14 bits per heavy atom. The smallest absolute Gasteiger partial charge is 0.325 e. The van der Waals surface area contributed by atoms with Gasteiger partial charge in [-0.15, -0.1) is 0 Å². The lowest BCUT2D eigenvalue weighted by molar-refractivity contribution is -0.139. The van der Waals surface area contributed by atoms with Crippen LogP contribution in [0.5, 0.6) is 0 Å². The summed E-state index contributed by atoms with van der Waals surface area (Å²) in [4.78, 5) is 21.2. The second-order valence-electron chi connectivity index (χ2n) is 6.37. The van der Waals surface area contributed by atoms with E-state index in [1.807, 2.05) is 72.8 Å². The summed E-state index contributed by atoms with van der Waals surface area (Å²) in [5.41, 5.74) is 7.15. The third-order valence-corrected chi connectivity index (χ3v) is 4.15. The number of benzene rings is 3. The number of nitrogens with one attached hydrogen (secondary N) is 1. The molecule has 0 aliphatic carbocycles. The fourth-order valence-corrected chi connectivity index (χ4v) is 2.60. The lowest BCUT2D eigenvalue weighted by atomic mass is 10.1. The van der Waals surface area contributed by atoms with Crippen molar-refractivity contribution in [1.29, 1.82) is 0 Å². The molecule has 0 saturated carbocycles. The van der Waals surface area contributed by atoms with Gasteiger partial charge in [0.15, 0.2) is 0 Å². The first-order chi connectivity index (χ1) is 13.4. The number of carboxylic acids is 2. The number of fused-ring (bicyclic) bond motifs is 1. The van der Waals surface area contributed by atoms with E-state index in [0.29, 0.717) is 6.42 Å². The van der Waals surface area contributed by atoms with Gasteiger partial charge in [-0.05, 0) is 30.4 Å². The van der Waals surface area contributed by atoms with E-state index >= 15 is 0 Å². The van der Waals surface area contributed by atoms with Crippen LogP contribution in [0.15, 0.2) is 72.8 Å². The molecule has 0 saturated heterocycles.